The fourth-order valence-electron chi connectivity index (χ4n) is 3.35. The van der Waals surface area contributed by atoms with Crippen LogP contribution in [0.1, 0.15) is 55.4 Å². The van der Waals surface area contributed by atoms with Crippen LogP contribution in [0.4, 0.5) is 0 Å². The molecule has 0 bridgehead atoms. The molecule has 0 saturated carbocycles. The van der Waals surface area contributed by atoms with Gasteiger partial charge in [-0.05, 0) is 55.4 Å². The predicted molar refractivity (Wildman–Crippen MR) is 77.6 cm³/mol. The van der Waals surface area contributed by atoms with Crippen molar-refractivity contribution in [2.45, 2.75) is 89.9 Å². The SMILES string of the molecule is CC1(C)N([O])C(C2N([O])C(C)(C)C(C)(C)[NH+]2[O-])[NH+]([O-])C1(C)C. The quantitative estimate of drug-likeness (QED) is 0.596. The molecule has 2 heterocycles. The summed E-state index contributed by atoms with van der Waals surface area (Å²) in [7, 11) is 0. The zero-order chi connectivity index (χ0) is 17.5. The van der Waals surface area contributed by atoms with Crippen molar-refractivity contribution >= 4 is 0 Å². The van der Waals surface area contributed by atoms with E-state index >= 15 is 0 Å². The molecular weight excluding hydrogens is 288 g/mol. The van der Waals surface area contributed by atoms with Crippen molar-refractivity contribution in [1.82, 2.24) is 10.1 Å². The van der Waals surface area contributed by atoms with Crippen LogP contribution >= 0.6 is 0 Å². The average molecular weight is 316 g/mol. The first-order chi connectivity index (χ1) is 9.63. The fraction of sp³-hybridized carbons (Fsp3) is 1.00. The minimum atomic E-state index is -1.24. The number of nitrogens with zero attached hydrogens (tertiary/aromatic N) is 2. The van der Waals surface area contributed by atoms with Gasteiger partial charge in [0.25, 0.3) is 0 Å². The van der Waals surface area contributed by atoms with E-state index in [9.17, 15) is 20.8 Å². The molecule has 0 amide bonds. The van der Waals surface area contributed by atoms with Crippen LogP contribution in [0.5, 0.6) is 0 Å². The van der Waals surface area contributed by atoms with Gasteiger partial charge < -0.3 is 20.5 Å². The van der Waals surface area contributed by atoms with Gasteiger partial charge in [-0.2, -0.15) is 0 Å². The summed E-state index contributed by atoms with van der Waals surface area (Å²) in [5.74, 6) is 0. The van der Waals surface area contributed by atoms with Gasteiger partial charge >= 0.3 is 0 Å². The minimum Gasteiger partial charge on any atom is -0.632 e. The largest absolute Gasteiger partial charge is 0.632 e. The highest BCUT2D eigenvalue weighted by atomic mass is 16.6. The first kappa shape index (κ1) is 18.0. The highest BCUT2D eigenvalue weighted by molar-refractivity contribution is 5.04. The van der Waals surface area contributed by atoms with Crippen LogP contribution in [0.15, 0.2) is 0 Å². The second-order valence-electron chi connectivity index (χ2n) is 8.64. The van der Waals surface area contributed by atoms with Gasteiger partial charge in [-0.15, -0.1) is 10.4 Å². The molecule has 0 aromatic carbocycles. The summed E-state index contributed by atoms with van der Waals surface area (Å²) in [5.41, 5.74) is -3.77. The second-order valence-corrected chi connectivity index (χ2v) is 8.64. The molecule has 8 nitrogen and oxygen atoms in total. The van der Waals surface area contributed by atoms with E-state index in [0.717, 1.165) is 0 Å². The lowest BCUT2D eigenvalue weighted by Gasteiger charge is -2.42. The normalized spacial score (nSPS) is 43.6. The van der Waals surface area contributed by atoms with Crippen LogP contribution in [0.3, 0.4) is 0 Å². The van der Waals surface area contributed by atoms with Gasteiger partial charge in [-0.25, -0.2) is 0 Å². The summed E-state index contributed by atoms with van der Waals surface area (Å²) >= 11 is 0. The molecule has 0 aliphatic carbocycles. The van der Waals surface area contributed by atoms with Gasteiger partial charge in [0.15, 0.2) is 0 Å². The number of hydroxylamine groups is 8. The second kappa shape index (κ2) is 4.61. The predicted octanol–water partition coefficient (Wildman–Crippen LogP) is -1.16. The number of quaternary nitrogens is 2. The third kappa shape index (κ3) is 1.81. The van der Waals surface area contributed by atoms with Gasteiger partial charge in [-0.1, -0.05) is 10.1 Å². The molecule has 128 valence electrons. The van der Waals surface area contributed by atoms with Crippen molar-refractivity contribution in [2.75, 3.05) is 0 Å². The van der Waals surface area contributed by atoms with Crippen LogP contribution < -0.4 is 10.1 Å². The molecule has 2 aliphatic heterocycles. The van der Waals surface area contributed by atoms with Crippen LogP contribution in [-0.2, 0) is 10.4 Å². The molecule has 8 heteroatoms. The summed E-state index contributed by atoms with van der Waals surface area (Å²) in [6, 6.07) is 0. The molecule has 2 aliphatic rings. The Labute approximate surface area is 132 Å². The summed E-state index contributed by atoms with van der Waals surface area (Å²) < 4.78 is 0. The summed E-state index contributed by atoms with van der Waals surface area (Å²) in [4.78, 5) is 0. The third-order valence-corrected chi connectivity index (χ3v) is 6.73. The minimum absolute atomic E-state index is 0.333. The number of hydrogen-bond acceptors (Lipinski definition) is 4. The molecule has 4 atom stereocenters. The molecule has 22 heavy (non-hydrogen) atoms. The van der Waals surface area contributed by atoms with E-state index in [-0.39, 0.29) is 10.1 Å². The van der Waals surface area contributed by atoms with Crippen molar-refractivity contribution in [3.8, 4) is 0 Å². The Balaban J connectivity index is 2.49. The molecule has 2 saturated heterocycles. The lowest BCUT2D eigenvalue weighted by atomic mass is 9.84. The zero-order valence-electron chi connectivity index (χ0n) is 14.7. The lowest BCUT2D eigenvalue weighted by molar-refractivity contribution is -0.992. The maximum absolute atomic E-state index is 12.8. The van der Waals surface area contributed by atoms with Crippen molar-refractivity contribution in [1.29, 1.82) is 0 Å². The monoisotopic (exact) mass is 316 g/mol. The smallest absolute Gasteiger partial charge is 0.239 e. The van der Waals surface area contributed by atoms with Gasteiger partial charge in [-0.3, -0.25) is 0 Å². The van der Waals surface area contributed by atoms with E-state index in [0.29, 0.717) is 10.1 Å². The molecule has 2 rings (SSSR count). The Morgan fingerprint density at radius 2 is 0.909 bits per heavy atom. The van der Waals surface area contributed by atoms with E-state index in [2.05, 4.69) is 0 Å². The summed E-state index contributed by atoms with van der Waals surface area (Å²) in [6.45, 7) is 13.5. The number of hydrogen-bond donors (Lipinski definition) is 2. The van der Waals surface area contributed by atoms with E-state index in [1.54, 1.807) is 55.4 Å². The van der Waals surface area contributed by atoms with Gasteiger partial charge in [0.2, 0.25) is 12.3 Å². The molecule has 0 aromatic heterocycles. The summed E-state index contributed by atoms with van der Waals surface area (Å²) in [6.07, 6.45) is -2.48. The van der Waals surface area contributed by atoms with Crippen LogP contribution in [0, 0.1) is 10.4 Å². The Bertz CT molecular complexity index is 384. The Morgan fingerprint density at radius 1 is 0.682 bits per heavy atom. The molecule has 0 aromatic rings. The number of rotatable bonds is 1. The van der Waals surface area contributed by atoms with Gasteiger partial charge in [0, 0.05) is 0 Å². The Morgan fingerprint density at radius 3 is 1.05 bits per heavy atom. The van der Waals surface area contributed by atoms with Crippen LogP contribution in [0.25, 0.3) is 0 Å². The van der Waals surface area contributed by atoms with Crippen molar-refractivity contribution in [3.05, 3.63) is 10.4 Å². The molecule has 0 spiro atoms. The highest BCUT2D eigenvalue weighted by Crippen LogP contribution is 2.37. The lowest BCUT2D eigenvalue weighted by Crippen LogP contribution is -3.27. The van der Waals surface area contributed by atoms with Crippen LogP contribution in [0.2, 0.25) is 0 Å². The molecule has 4 unspecified atom stereocenters. The summed E-state index contributed by atoms with van der Waals surface area (Å²) in [5, 5.41) is 51.7. The maximum atomic E-state index is 12.8. The Hall–Kier alpha value is -0.320. The third-order valence-electron chi connectivity index (χ3n) is 6.73. The van der Waals surface area contributed by atoms with E-state index in [1.807, 2.05) is 0 Å². The Kier molecular flexibility index (Phi) is 3.78. The highest BCUT2D eigenvalue weighted by Gasteiger charge is 2.70. The van der Waals surface area contributed by atoms with Gasteiger partial charge in [0.05, 0.1) is 0 Å². The number of nitrogens with one attached hydrogen (secondary N) is 2. The first-order valence-corrected chi connectivity index (χ1v) is 7.65. The fourth-order valence-corrected chi connectivity index (χ4v) is 3.35. The van der Waals surface area contributed by atoms with Crippen molar-refractivity contribution < 1.29 is 20.5 Å². The van der Waals surface area contributed by atoms with E-state index in [4.69, 9.17) is 0 Å². The molecule has 2 fully saturated rings. The molecule has 2 N–H and O–H groups in total. The first-order valence-electron chi connectivity index (χ1n) is 7.65. The maximum Gasteiger partial charge on any atom is 0.239 e. The van der Waals surface area contributed by atoms with E-state index < -0.39 is 34.5 Å². The van der Waals surface area contributed by atoms with Gasteiger partial charge in [0.1, 0.15) is 22.2 Å². The standard InChI is InChI=1S/C14H28N4O4/c1-11(2)12(3,4)16(20)9(15(11)19)10-17(21)13(5,6)14(7,8)18(10)22/h9-10,15,17H,1-8H3. The average Bonchev–Trinajstić information content (AvgIpc) is 2.57. The molecular formula is C14H28N4O4. The van der Waals surface area contributed by atoms with Crippen molar-refractivity contribution in [3.63, 3.8) is 0 Å². The van der Waals surface area contributed by atoms with Crippen molar-refractivity contribution in [2.24, 2.45) is 0 Å². The van der Waals surface area contributed by atoms with Crippen LogP contribution in [-0.4, -0.2) is 44.6 Å². The molecule has 2 radical (unpaired) electrons. The topological polar surface area (TPSA) is 101 Å². The zero-order valence-corrected chi connectivity index (χ0v) is 14.7. The van der Waals surface area contributed by atoms with E-state index in [1.165, 1.54) is 0 Å².